The lowest BCUT2D eigenvalue weighted by Gasteiger charge is -2.32. The van der Waals surface area contributed by atoms with Crippen molar-refractivity contribution in [2.45, 2.75) is 57.1 Å². The zero-order valence-corrected chi connectivity index (χ0v) is 12.8. The maximum Gasteiger partial charge on any atom is 0.469 e. The normalized spacial score (nSPS) is 26.5. The molecule has 0 bridgehead atoms. The molecule has 0 N–H and O–H groups in total. The van der Waals surface area contributed by atoms with E-state index in [0.717, 1.165) is 23.4 Å². The van der Waals surface area contributed by atoms with Crippen LogP contribution in [0.5, 0.6) is 0 Å². The minimum absolute atomic E-state index is 0.0522. The third-order valence-electron chi connectivity index (χ3n) is 4.90. The summed E-state index contributed by atoms with van der Waals surface area (Å²) in [5.41, 5.74) is 0.596. The van der Waals surface area contributed by atoms with E-state index in [4.69, 9.17) is 20.9 Å². The molecule has 0 amide bonds. The molecular formula is C15H20BClO2. The van der Waals surface area contributed by atoms with Gasteiger partial charge in [-0.1, -0.05) is 29.8 Å². The summed E-state index contributed by atoms with van der Waals surface area (Å²) in [4.78, 5) is 0. The fourth-order valence-electron chi connectivity index (χ4n) is 2.70. The molecule has 1 saturated carbocycles. The summed E-state index contributed by atoms with van der Waals surface area (Å²) >= 11 is 6.36. The van der Waals surface area contributed by atoms with E-state index in [-0.39, 0.29) is 23.6 Å². The van der Waals surface area contributed by atoms with Crippen molar-refractivity contribution in [3.05, 3.63) is 34.9 Å². The minimum Gasteiger partial charge on any atom is -0.403 e. The first kappa shape index (κ1) is 13.5. The van der Waals surface area contributed by atoms with Gasteiger partial charge >= 0.3 is 7.12 Å². The Morgan fingerprint density at radius 3 is 2.00 bits per heavy atom. The summed E-state index contributed by atoms with van der Waals surface area (Å²) in [6.45, 7) is 8.37. The SMILES string of the molecule is CC1(C)OB(C2(c3ccccc3Cl)CC2)OC1(C)C. The van der Waals surface area contributed by atoms with Crippen LogP contribution in [0.1, 0.15) is 46.1 Å². The molecule has 1 aromatic rings. The van der Waals surface area contributed by atoms with Gasteiger partial charge in [-0.15, -0.1) is 0 Å². The molecule has 0 atom stereocenters. The molecule has 0 unspecified atom stereocenters. The first-order valence-electron chi connectivity index (χ1n) is 6.89. The topological polar surface area (TPSA) is 18.5 Å². The Morgan fingerprint density at radius 2 is 1.53 bits per heavy atom. The number of benzene rings is 1. The Kier molecular flexibility index (Phi) is 2.84. The van der Waals surface area contributed by atoms with Crippen molar-refractivity contribution < 1.29 is 9.31 Å². The number of halogens is 1. The summed E-state index contributed by atoms with van der Waals surface area (Å²) in [5.74, 6) is 0. The average Bonchev–Trinajstić information content (AvgIpc) is 3.05. The third-order valence-corrected chi connectivity index (χ3v) is 5.23. The molecule has 1 aliphatic carbocycles. The predicted octanol–water partition coefficient (Wildman–Crippen LogP) is 4.00. The predicted molar refractivity (Wildman–Crippen MR) is 78.4 cm³/mol. The van der Waals surface area contributed by atoms with Gasteiger partial charge in [0.05, 0.1) is 11.2 Å². The summed E-state index contributed by atoms with van der Waals surface area (Å²) in [6.07, 6.45) is 2.15. The Labute approximate surface area is 120 Å². The lowest BCUT2D eigenvalue weighted by Crippen LogP contribution is -2.41. The zero-order chi connectivity index (χ0) is 13.9. The van der Waals surface area contributed by atoms with Crippen LogP contribution in [-0.4, -0.2) is 18.3 Å². The van der Waals surface area contributed by atoms with Gasteiger partial charge in [-0.05, 0) is 52.2 Å². The molecule has 2 nitrogen and oxygen atoms in total. The van der Waals surface area contributed by atoms with Gasteiger partial charge in [-0.2, -0.15) is 0 Å². The largest absolute Gasteiger partial charge is 0.469 e. The van der Waals surface area contributed by atoms with Gasteiger partial charge in [0.15, 0.2) is 0 Å². The van der Waals surface area contributed by atoms with Crippen LogP contribution in [0.25, 0.3) is 0 Å². The van der Waals surface area contributed by atoms with E-state index in [1.54, 1.807) is 0 Å². The quantitative estimate of drug-likeness (QED) is 0.761. The van der Waals surface area contributed by atoms with Crippen LogP contribution in [0.3, 0.4) is 0 Å². The van der Waals surface area contributed by atoms with Crippen LogP contribution in [0.4, 0.5) is 0 Å². The van der Waals surface area contributed by atoms with Crippen LogP contribution in [-0.2, 0) is 14.6 Å². The molecule has 1 heterocycles. The first-order valence-corrected chi connectivity index (χ1v) is 7.27. The molecule has 4 heteroatoms. The van der Waals surface area contributed by atoms with Crippen molar-refractivity contribution in [2.75, 3.05) is 0 Å². The highest BCUT2D eigenvalue weighted by Gasteiger charge is 2.65. The van der Waals surface area contributed by atoms with Crippen LogP contribution in [0, 0.1) is 0 Å². The molecule has 0 spiro atoms. The first-order chi connectivity index (χ1) is 8.79. The van der Waals surface area contributed by atoms with Gasteiger partial charge in [-0.25, -0.2) is 0 Å². The summed E-state index contributed by atoms with van der Waals surface area (Å²) < 4.78 is 12.4. The van der Waals surface area contributed by atoms with Crippen molar-refractivity contribution in [1.82, 2.24) is 0 Å². The fourth-order valence-corrected chi connectivity index (χ4v) is 3.02. The second-order valence-corrected chi connectivity index (χ2v) is 7.13. The van der Waals surface area contributed by atoms with Crippen molar-refractivity contribution in [2.24, 2.45) is 0 Å². The lowest BCUT2D eigenvalue weighted by atomic mass is 9.64. The minimum atomic E-state index is -0.283. The van der Waals surface area contributed by atoms with Crippen molar-refractivity contribution in [1.29, 1.82) is 0 Å². The Bertz CT molecular complexity index is 493. The van der Waals surface area contributed by atoms with Gasteiger partial charge < -0.3 is 9.31 Å². The molecule has 1 saturated heterocycles. The summed E-state index contributed by atoms with van der Waals surface area (Å²) in [6, 6.07) is 8.04. The molecule has 2 aliphatic rings. The maximum atomic E-state index is 6.36. The van der Waals surface area contributed by atoms with Gasteiger partial charge in [0.2, 0.25) is 0 Å². The second kappa shape index (κ2) is 4.00. The van der Waals surface area contributed by atoms with Crippen LogP contribution < -0.4 is 0 Å². The second-order valence-electron chi connectivity index (χ2n) is 6.72. The van der Waals surface area contributed by atoms with E-state index in [1.807, 2.05) is 18.2 Å². The van der Waals surface area contributed by atoms with Crippen molar-refractivity contribution in [3.8, 4) is 0 Å². The maximum absolute atomic E-state index is 6.36. The number of rotatable bonds is 2. The highest BCUT2D eigenvalue weighted by Crippen LogP contribution is 2.56. The van der Waals surface area contributed by atoms with Gasteiger partial charge in [0.25, 0.3) is 0 Å². The standard InChI is InChI=1S/C15H20BClO2/c1-13(2)14(3,4)19-16(18-13)15(9-10-15)11-7-5-6-8-12(11)17/h5-8H,9-10H2,1-4H3. The van der Waals surface area contributed by atoms with E-state index < -0.39 is 0 Å². The van der Waals surface area contributed by atoms with Crippen LogP contribution in [0.2, 0.25) is 5.02 Å². The molecule has 3 rings (SSSR count). The number of hydrogen-bond acceptors (Lipinski definition) is 2. The lowest BCUT2D eigenvalue weighted by molar-refractivity contribution is 0.00578. The van der Waals surface area contributed by atoms with Crippen LogP contribution >= 0.6 is 11.6 Å². The van der Waals surface area contributed by atoms with Crippen molar-refractivity contribution >= 4 is 18.7 Å². The van der Waals surface area contributed by atoms with Gasteiger partial charge in [-0.3, -0.25) is 0 Å². The zero-order valence-electron chi connectivity index (χ0n) is 12.0. The molecule has 102 valence electrons. The van der Waals surface area contributed by atoms with Gasteiger partial charge in [0, 0.05) is 10.3 Å². The van der Waals surface area contributed by atoms with E-state index in [9.17, 15) is 0 Å². The summed E-state index contributed by atoms with van der Waals surface area (Å²) in [5, 5.41) is 0.762. The fraction of sp³-hybridized carbons (Fsp3) is 0.600. The highest BCUT2D eigenvalue weighted by atomic mass is 35.5. The Morgan fingerprint density at radius 1 is 1.00 bits per heavy atom. The Hall–Kier alpha value is -0.505. The molecule has 0 radical (unpaired) electrons. The monoisotopic (exact) mass is 278 g/mol. The van der Waals surface area contributed by atoms with E-state index >= 15 is 0 Å². The molecule has 1 aromatic carbocycles. The molecule has 19 heavy (non-hydrogen) atoms. The van der Waals surface area contributed by atoms with E-state index in [0.29, 0.717) is 0 Å². The third kappa shape index (κ3) is 1.94. The van der Waals surface area contributed by atoms with Crippen LogP contribution in [0.15, 0.2) is 24.3 Å². The highest BCUT2D eigenvalue weighted by molar-refractivity contribution is 6.51. The molecular weight excluding hydrogens is 258 g/mol. The van der Waals surface area contributed by atoms with Crippen molar-refractivity contribution in [3.63, 3.8) is 0 Å². The average molecular weight is 279 g/mol. The Balaban J connectivity index is 1.94. The summed E-state index contributed by atoms with van der Waals surface area (Å²) in [7, 11) is -0.197. The number of hydrogen-bond donors (Lipinski definition) is 0. The molecule has 2 fully saturated rings. The molecule has 1 aliphatic heterocycles. The van der Waals surface area contributed by atoms with E-state index in [1.165, 1.54) is 0 Å². The van der Waals surface area contributed by atoms with Gasteiger partial charge in [0.1, 0.15) is 0 Å². The smallest absolute Gasteiger partial charge is 0.403 e. The molecule has 0 aromatic heterocycles. The van der Waals surface area contributed by atoms with E-state index in [2.05, 4.69) is 33.8 Å².